The van der Waals surface area contributed by atoms with Crippen LogP contribution < -0.4 is 0 Å². The molecule has 0 heterocycles. The van der Waals surface area contributed by atoms with E-state index in [4.69, 9.17) is 10.2 Å². The van der Waals surface area contributed by atoms with Crippen LogP contribution in [0.2, 0.25) is 0 Å². The van der Waals surface area contributed by atoms with Gasteiger partial charge in [-0.05, 0) is 25.7 Å². The van der Waals surface area contributed by atoms with Crippen molar-refractivity contribution in [2.45, 2.75) is 25.7 Å². The molecule has 0 radical (unpaired) electrons. The van der Waals surface area contributed by atoms with Crippen molar-refractivity contribution in [2.24, 2.45) is 0 Å². The zero-order valence-electron chi connectivity index (χ0n) is 12.6. The molecule has 2 N–H and O–H groups in total. The Morgan fingerprint density at radius 2 is 1.09 bits per heavy atom. The van der Waals surface area contributed by atoms with Crippen LogP contribution >= 0.6 is 0 Å². The first-order valence-electron chi connectivity index (χ1n) is 6.63. The van der Waals surface area contributed by atoms with E-state index in [1.165, 1.54) is 12.8 Å². The van der Waals surface area contributed by atoms with Gasteiger partial charge in [0.1, 0.15) is 0 Å². The highest BCUT2D eigenvalue weighted by molar-refractivity contribution is 6.00. The molecule has 0 saturated heterocycles. The maximum atomic E-state index is 10.6. The van der Waals surface area contributed by atoms with Crippen molar-refractivity contribution in [2.75, 3.05) is 0 Å². The van der Waals surface area contributed by atoms with Gasteiger partial charge in [-0.25, -0.2) is 19.2 Å². The van der Waals surface area contributed by atoms with Gasteiger partial charge in [0.25, 0.3) is 0 Å². The Bertz CT molecular complexity index is 443. The molecular formula is C16H20O7. The van der Waals surface area contributed by atoms with E-state index in [0.717, 1.165) is 12.8 Å². The van der Waals surface area contributed by atoms with Crippen LogP contribution in [0.4, 0.5) is 0 Å². The molecule has 0 bridgehead atoms. The second-order valence-corrected chi connectivity index (χ2v) is 3.95. The van der Waals surface area contributed by atoms with Crippen LogP contribution in [0.5, 0.6) is 0 Å². The molecule has 0 aromatic heterocycles. The topological polar surface area (TPSA) is 118 Å². The van der Waals surface area contributed by atoms with Gasteiger partial charge >= 0.3 is 23.9 Å². The highest BCUT2D eigenvalue weighted by Gasteiger charge is 2.04. The molecule has 7 heteroatoms. The molecule has 0 aromatic rings. The van der Waals surface area contributed by atoms with E-state index in [0.29, 0.717) is 24.3 Å². The molecule has 0 aliphatic carbocycles. The van der Waals surface area contributed by atoms with E-state index >= 15 is 0 Å². The number of esters is 2. The minimum Gasteiger partial charge on any atom is -0.478 e. The number of ether oxygens (including phenoxy) is 1. The van der Waals surface area contributed by atoms with Crippen LogP contribution in [0.3, 0.4) is 0 Å². The van der Waals surface area contributed by atoms with Gasteiger partial charge in [-0.2, -0.15) is 0 Å². The van der Waals surface area contributed by atoms with Crippen molar-refractivity contribution >= 4 is 23.9 Å². The van der Waals surface area contributed by atoms with Crippen LogP contribution in [-0.2, 0) is 23.9 Å². The largest absolute Gasteiger partial charge is 0.478 e. The zero-order valence-corrected chi connectivity index (χ0v) is 12.6. The second-order valence-electron chi connectivity index (χ2n) is 3.95. The molecule has 0 atom stereocenters. The lowest BCUT2D eigenvalue weighted by molar-refractivity contribution is -0.153. The molecule has 23 heavy (non-hydrogen) atoms. The van der Waals surface area contributed by atoms with E-state index in [2.05, 4.69) is 17.9 Å². The first kappa shape index (κ1) is 22.3. The maximum Gasteiger partial charge on any atom is 0.338 e. The highest BCUT2D eigenvalue weighted by atomic mass is 16.6. The summed E-state index contributed by atoms with van der Waals surface area (Å²) in [5.41, 5.74) is 0. The van der Waals surface area contributed by atoms with E-state index in [9.17, 15) is 19.2 Å². The normalized spacial score (nSPS) is 9.74. The van der Waals surface area contributed by atoms with Crippen molar-refractivity contribution in [3.8, 4) is 0 Å². The summed E-state index contributed by atoms with van der Waals surface area (Å²) in [5.74, 6) is -5.14. The zero-order chi connectivity index (χ0) is 18.1. The monoisotopic (exact) mass is 324 g/mol. The summed E-state index contributed by atoms with van der Waals surface area (Å²) >= 11 is 0. The number of carboxylic acid groups (broad SMARTS) is 2. The Balaban J connectivity index is 0. The molecule has 0 aliphatic heterocycles. The fraction of sp³-hybridized carbons (Fsp3) is 0.250. The third-order valence-corrected chi connectivity index (χ3v) is 1.99. The van der Waals surface area contributed by atoms with Gasteiger partial charge in [0, 0.05) is 24.3 Å². The average Bonchev–Trinajstić information content (AvgIpc) is 2.48. The van der Waals surface area contributed by atoms with E-state index in [1.54, 1.807) is 0 Å². The van der Waals surface area contributed by atoms with Gasteiger partial charge < -0.3 is 14.9 Å². The first-order valence-corrected chi connectivity index (χ1v) is 6.63. The van der Waals surface area contributed by atoms with Crippen molar-refractivity contribution in [3.05, 3.63) is 49.6 Å². The molecule has 0 rings (SSSR count). The quantitative estimate of drug-likeness (QED) is 0.219. The molecule has 0 aliphatic rings. The molecule has 7 nitrogen and oxygen atoms in total. The summed E-state index contributed by atoms with van der Waals surface area (Å²) in [6, 6.07) is 0. The Hall–Kier alpha value is -2.96. The van der Waals surface area contributed by atoms with E-state index in [-0.39, 0.29) is 0 Å². The fourth-order valence-corrected chi connectivity index (χ4v) is 1.02. The van der Waals surface area contributed by atoms with Crippen LogP contribution in [0.15, 0.2) is 49.6 Å². The van der Waals surface area contributed by atoms with Crippen LogP contribution in [0, 0.1) is 0 Å². The lowest BCUT2D eigenvalue weighted by Crippen LogP contribution is -2.08. The van der Waals surface area contributed by atoms with Crippen molar-refractivity contribution in [3.63, 3.8) is 0 Å². The van der Waals surface area contributed by atoms with Gasteiger partial charge in [0.2, 0.25) is 0 Å². The fourth-order valence-electron chi connectivity index (χ4n) is 1.02. The molecular weight excluding hydrogens is 304 g/mol. The number of carboxylic acids is 2. The minimum absolute atomic E-state index is 0.483. The summed E-state index contributed by atoms with van der Waals surface area (Å²) in [4.78, 5) is 41.1. The summed E-state index contributed by atoms with van der Waals surface area (Å²) in [7, 11) is 0. The number of aliphatic carboxylic acids is 2. The number of rotatable bonds is 9. The number of unbranched alkanes of at least 4 members (excludes halogenated alkanes) is 3. The number of hydrogen-bond acceptors (Lipinski definition) is 5. The summed E-state index contributed by atoms with van der Waals surface area (Å²) < 4.78 is 3.97. The van der Waals surface area contributed by atoms with Gasteiger partial charge in [0.15, 0.2) is 0 Å². The van der Waals surface area contributed by atoms with E-state index < -0.39 is 23.9 Å². The Morgan fingerprint density at radius 1 is 0.739 bits per heavy atom. The molecule has 0 aromatic carbocycles. The number of carbonyl (C=O) groups excluding carboxylic acids is 2. The van der Waals surface area contributed by atoms with E-state index in [1.807, 2.05) is 12.2 Å². The summed E-state index contributed by atoms with van der Waals surface area (Å²) in [5, 5.41) is 16.2. The third kappa shape index (κ3) is 21.5. The van der Waals surface area contributed by atoms with Crippen molar-refractivity contribution in [1.29, 1.82) is 0 Å². The average molecular weight is 324 g/mol. The van der Waals surface area contributed by atoms with Gasteiger partial charge in [-0.1, -0.05) is 12.2 Å². The predicted molar refractivity (Wildman–Crippen MR) is 83.5 cm³/mol. The Labute approximate surface area is 134 Å². The Kier molecular flexibility index (Phi) is 15.0. The number of hydrogen-bond donors (Lipinski definition) is 2. The van der Waals surface area contributed by atoms with Gasteiger partial charge in [-0.3, -0.25) is 0 Å². The molecule has 126 valence electrons. The molecule has 0 fully saturated rings. The van der Waals surface area contributed by atoms with Gasteiger partial charge in [-0.15, -0.1) is 13.2 Å². The number of carbonyl (C=O) groups is 4. The third-order valence-electron chi connectivity index (χ3n) is 1.99. The molecule has 0 saturated carbocycles. The lowest BCUT2D eigenvalue weighted by atomic mass is 10.2. The maximum absolute atomic E-state index is 10.6. The standard InChI is InChI=1S/C8H6O7.C8H14/c9-5(10)1-3-7(13)15-8(14)4-2-6(11)12;1-3-5-7-8-6-4-2/h1-4H,(H,9,10)(H,11,12);3-4H,1-2,5-8H2/b3-1-,4-2-;. The number of allylic oxidation sites excluding steroid dienone is 2. The Morgan fingerprint density at radius 3 is 1.35 bits per heavy atom. The van der Waals surface area contributed by atoms with Crippen LogP contribution in [-0.4, -0.2) is 34.1 Å². The first-order chi connectivity index (χ1) is 10.8. The predicted octanol–water partition coefficient (Wildman–Crippen LogP) is 2.26. The SMILES string of the molecule is C=CCCCCC=C.O=C(O)/C=C\C(=O)OC(=O)/C=C\C(=O)O. The van der Waals surface area contributed by atoms with Crippen molar-refractivity contribution < 1.29 is 34.1 Å². The molecule has 0 unspecified atom stereocenters. The molecule has 0 amide bonds. The molecule has 0 spiro atoms. The van der Waals surface area contributed by atoms with Crippen LogP contribution in [0.25, 0.3) is 0 Å². The minimum atomic E-state index is -1.37. The summed E-state index contributed by atoms with van der Waals surface area (Å²) in [6.07, 6.45) is 10.7. The lowest BCUT2D eigenvalue weighted by Gasteiger charge is -1.92. The van der Waals surface area contributed by atoms with Gasteiger partial charge in [0.05, 0.1) is 0 Å². The smallest absolute Gasteiger partial charge is 0.338 e. The van der Waals surface area contributed by atoms with Crippen molar-refractivity contribution in [1.82, 2.24) is 0 Å². The highest BCUT2D eigenvalue weighted by Crippen LogP contribution is 1.99. The summed E-state index contributed by atoms with van der Waals surface area (Å²) in [6.45, 7) is 7.26. The van der Waals surface area contributed by atoms with Crippen LogP contribution in [0.1, 0.15) is 25.7 Å². The second kappa shape index (κ2) is 15.4.